The van der Waals surface area contributed by atoms with Gasteiger partial charge in [0.15, 0.2) is 6.29 Å². The molecule has 0 aromatic heterocycles. The van der Waals surface area contributed by atoms with Gasteiger partial charge in [-0.25, -0.2) is 0 Å². The highest BCUT2D eigenvalue weighted by molar-refractivity contribution is 6.31. The van der Waals surface area contributed by atoms with Crippen LogP contribution in [-0.2, 0) is 11.3 Å². The minimum Gasteiger partial charge on any atom is -0.367 e. The number of aliphatic hydroxyl groups excluding tert-OH is 1. The van der Waals surface area contributed by atoms with Gasteiger partial charge in [-0.3, -0.25) is 0 Å². The molecule has 0 heterocycles. The fourth-order valence-electron chi connectivity index (χ4n) is 0.846. The van der Waals surface area contributed by atoms with Crippen LogP contribution in [0.3, 0.4) is 0 Å². The van der Waals surface area contributed by atoms with Crippen molar-refractivity contribution in [1.29, 1.82) is 0 Å². The lowest BCUT2D eigenvalue weighted by Crippen LogP contribution is -2.13. The first kappa shape index (κ1) is 10.8. The van der Waals surface area contributed by atoms with Gasteiger partial charge in [0.25, 0.3) is 0 Å². The van der Waals surface area contributed by atoms with Crippen molar-refractivity contribution < 1.29 is 9.84 Å². The van der Waals surface area contributed by atoms with E-state index in [1.165, 1.54) is 0 Å². The third-order valence-corrected chi connectivity index (χ3v) is 2.15. The van der Waals surface area contributed by atoms with Crippen LogP contribution in [0.25, 0.3) is 0 Å². The molecule has 0 fully saturated rings. The number of benzene rings is 1. The van der Waals surface area contributed by atoms with Crippen LogP contribution < -0.4 is 0 Å². The van der Waals surface area contributed by atoms with Gasteiger partial charge in [0, 0.05) is 5.02 Å². The van der Waals surface area contributed by atoms with Crippen LogP contribution in [0.1, 0.15) is 5.56 Å². The van der Waals surface area contributed by atoms with Gasteiger partial charge in [-0.15, -0.1) is 11.6 Å². The number of halogens is 2. The molecule has 0 saturated carbocycles. The summed E-state index contributed by atoms with van der Waals surface area (Å²) in [7, 11) is 0. The first-order chi connectivity index (χ1) is 6.24. The summed E-state index contributed by atoms with van der Waals surface area (Å²) in [5, 5.41) is 9.64. The summed E-state index contributed by atoms with van der Waals surface area (Å²) in [6.07, 6.45) is -0.932. The first-order valence-electron chi connectivity index (χ1n) is 3.83. The van der Waals surface area contributed by atoms with Crippen LogP contribution in [0, 0.1) is 0 Å². The van der Waals surface area contributed by atoms with Crippen molar-refractivity contribution >= 4 is 23.2 Å². The van der Waals surface area contributed by atoms with E-state index in [2.05, 4.69) is 0 Å². The number of rotatable bonds is 4. The van der Waals surface area contributed by atoms with Crippen LogP contribution in [0.15, 0.2) is 24.3 Å². The summed E-state index contributed by atoms with van der Waals surface area (Å²) >= 11 is 11.2. The molecule has 0 aliphatic rings. The summed E-state index contributed by atoms with van der Waals surface area (Å²) in [6.45, 7) is 0.271. The average Bonchev–Trinajstić information content (AvgIpc) is 2.16. The zero-order valence-electron chi connectivity index (χ0n) is 6.91. The lowest BCUT2D eigenvalue weighted by atomic mass is 10.2. The molecule has 0 aliphatic carbocycles. The maximum atomic E-state index is 9.01. The predicted octanol–water partition coefficient (Wildman–Crippen LogP) is 2.41. The second-order valence-corrected chi connectivity index (χ2v) is 3.23. The van der Waals surface area contributed by atoms with Crippen LogP contribution >= 0.6 is 23.2 Å². The molecule has 4 heteroatoms. The van der Waals surface area contributed by atoms with E-state index in [-0.39, 0.29) is 12.5 Å². The molecule has 1 aromatic rings. The summed E-state index contributed by atoms with van der Waals surface area (Å²) in [5.74, 6) is 0.0600. The molecule has 1 atom stereocenters. The van der Waals surface area contributed by atoms with Crippen LogP contribution in [0.5, 0.6) is 0 Å². The number of hydrogen-bond donors (Lipinski definition) is 1. The first-order valence-corrected chi connectivity index (χ1v) is 4.74. The van der Waals surface area contributed by atoms with E-state index >= 15 is 0 Å². The van der Waals surface area contributed by atoms with Crippen LogP contribution in [-0.4, -0.2) is 17.3 Å². The molecule has 72 valence electrons. The highest BCUT2D eigenvalue weighted by atomic mass is 35.5. The Bertz CT molecular complexity index is 266. The van der Waals surface area contributed by atoms with E-state index in [1.807, 2.05) is 18.2 Å². The fourth-order valence-corrected chi connectivity index (χ4v) is 1.13. The lowest BCUT2D eigenvalue weighted by Gasteiger charge is -2.09. The van der Waals surface area contributed by atoms with E-state index < -0.39 is 6.29 Å². The van der Waals surface area contributed by atoms with Crippen molar-refractivity contribution in [3.05, 3.63) is 34.9 Å². The molecule has 13 heavy (non-hydrogen) atoms. The SMILES string of the molecule is OC(CCl)OCc1ccccc1Cl. The van der Waals surface area contributed by atoms with E-state index in [4.69, 9.17) is 33.0 Å². The molecular weight excluding hydrogens is 211 g/mol. The second kappa shape index (κ2) is 5.45. The van der Waals surface area contributed by atoms with Crippen LogP contribution in [0.2, 0.25) is 5.02 Å². The van der Waals surface area contributed by atoms with Gasteiger partial charge in [-0.05, 0) is 11.6 Å². The molecule has 0 radical (unpaired) electrons. The Morgan fingerprint density at radius 1 is 1.38 bits per heavy atom. The number of alkyl halides is 1. The molecule has 2 nitrogen and oxygen atoms in total. The molecular formula is C9H10Cl2O2. The Kier molecular flexibility index (Phi) is 4.53. The zero-order chi connectivity index (χ0) is 9.68. The van der Waals surface area contributed by atoms with E-state index in [0.717, 1.165) is 5.56 Å². The van der Waals surface area contributed by atoms with Crippen molar-refractivity contribution in [2.75, 3.05) is 5.88 Å². The standard InChI is InChI=1S/C9H10Cl2O2/c10-5-9(12)13-6-7-3-1-2-4-8(7)11/h1-4,9,12H,5-6H2. The summed E-state index contributed by atoms with van der Waals surface area (Å²) < 4.78 is 5.00. The van der Waals surface area contributed by atoms with Crippen LogP contribution in [0.4, 0.5) is 0 Å². The van der Waals surface area contributed by atoms with Gasteiger partial charge in [-0.1, -0.05) is 29.8 Å². The Labute approximate surface area is 87.0 Å². The summed E-state index contributed by atoms with van der Waals surface area (Å²) in [4.78, 5) is 0. The molecule has 0 aliphatic heterocycles. The minimum absolute atomic E-state index is 0.0600. The van der Waals surface area contributed by atoms with Gasteiger partial charge in [0.2, 0.25) is 0 Å². The fraction of sp³-hybridized carbons (Fsp3) is 0.333. The van der Waals surface area contributed by atoms with Crippen molar-refractivity contribution in [2.24, 2.45) is 0 Å². The van der Waals surface area contributed by atoms with Gasteiger partial charge in [0.1, 0.15) is 0 Å². The molecule has 0 bridgehead atoms. The maximum absolute atomic E-state index is 9.01. The second-order valence-electron chi connectivity index (χ2n) is 2.51. The molecule has 1 unspecified atom stereocenters. The van der Waals surface area contributed by atoms with E-state index in [0.29, 0.717) is 5.02 Å². The topological polar surface area (TPSA) is 29.5 Å². The zero-order valence-corrected chi connectivity index (χ0v) is 8.42. The van der Waals surface area contributed by atoms with E-state index in [9.17, 15) is 0 Å². The van der Waals surface area contributed by atoms with E-state index in [1.54, 1.807) is 6.07 Å². The molecule has 0 spiro atoms. The molecule has 0 amide bonds. The Morgan fingerprint density at radius 2 is 2.08 bits per heavy atom. The highest BCUT2D eigenvalue weighted by Gasteiger charge is 2.03. The smallest absolute Gasteiger partial charge is 0.168 e. The monoisotopic (exact) mass is 220 g/mol. The number of ether oxygens (including phenoxy) is 1. The minimum atomic E-state index is -0.932. The van der Waals surface area contributed by atoms with Crippen molar-refractivity contribution in [3.63, 3.8) is 0 Å². The van der Waals surface area contributed by atoms with Gasteiger partial charge >= 0.3 is 0 Å². The predicted molar refractivity (Wildman–Crippen MR) is 53.0 cm³/mol. The Hall–Kier alpha value is -0.280. The maximum Gasteiger partial charge on any atom is 0.168 e. The normalized spacial score (nSPS) is 12.8. The van der Waals surface area contributed by atoms with Crippen molar-refractivity contribution in [3.8, 4) is 0 Å². The largest absolute Gasteiger partial charge is 0.367 e. The Balaban J connectivity index is 2.50. The lowest BCUT2D eigenvalue weighted by molar-refractivity contribution is -0.0913. The van der Waals surface area contributed by atoms with Crippen molar-refractivity contribution in [1.82, 2.24) is 0 Å². The quantitative estimate of drug-likeness (QED) is 0.624. The van der Waals surface area contributed by atoms with Crippen molar-refractivity contribution in [2.45, 2.75) is 12.9 Å². The average molecular weight is 221 g/mol. The highest BCUT2D eigenvalue weighted by Crippen LogP contribution is 2.16. The summed E-state index contributed by atoms with van der Waals surface area (Å²) in [5.41, 5.74) is 0.841. The molecule has 0 saturated heterocycles. The number of aliphatic hydroxyl groups is 1. The molecule has 1 aromatic carbocycles. The third kappa shape index (κ3) is 3.53. The van der Waals surface area contributed by atoms with Gasteiger partial charge < -0.3 is 9.84 Å². The van der Waals surface area contributed by atoms with Gasteiger partial charge in [0.05, 0.1) is 12.5 Å². The van der Waals surface area contributed by atoms with Gasteiger partial charge in [-0.2, -0.15) is 0 Å². The molecule has 1 N–H and O–H groups in total. The summed E-state index contributed by atoms with van der Waals surface area (Å²) in [6, 6.07) is 7.30. The Morgan fingerprint density at radius 3 is 2.69 bits per heavy atom. The molecule has 1 rings (SSSR count). The third-order valence-electron chi connectivity index (χ3n) is 1.52. The number of hydrogen-bond acceptors (Lipinski definition) is 2.